The summed E-state index contributed by atoms with van der Waals surface area (Å²) in [5, 5.41) is 14.1. The highest BCUT2D eigenvalue weighted by Gasteiger charge is 2.09. The highest BCUT2D eigenvalue weighted by atomic mass is 32.1. The van der Waals surface area contributed by atoms with Crippen molar-refractivity contribution >= 4 is 23.2 Å². The number of amides is 1. The molecule has 1 heterocycles. The van der Waals surface area contributed by atoms with Crippen molar-refractivity contribution in [3.8, 4) is 16.3 Å². The first-order chi connectivity index (χ1) is 12.1. The lowest BCUT2D eigenvalue weighted by atomic mass is 10.2. The summed E-state index contributed by atoms with van der Waals surface area (Å²) in [4.78, 5) is 26.8. The normalized spacial score (nSPS) is 10.4. The van der Waals surface area contributed by atoms with E-state index in [4.69, 9.17) is 9.84 Å². The van der Waals surface area contributed by atoms with Crippen LogP contribution in [0.4, 0.5) is 0 Å². The molecular weight excluding hydrogens is 340 g/mol. The van der Waals surface area contributed by atoms with Crippen molar-refractivity contribution in [3.63, 3.8) is 0 Å². The van der Waals surface area contributed by atoms with Gasteiger partial charge in [-0.05, 0) is 25.0 Å². The molecule has 2 aromatic rings. The molecule has 0 unspecified atom stereocenters. The molecule has 0 spiro atoms. The zero-order valence-corrected chi connectivity index (χ0v) is 15.0. The summed E-state index contributed by atoms with van der Waals surface area (Å²) >= 11 is 1.50. The van der Waals surface area contributed by atoms with Gasteiger partial charge in [0.15, 0.2) is 0 Å². The number of unbranched alkanes of at least 4 members (excludes halogenated alkanes) is 2. The number of rotatable bonds is 10. The highest BCUT2D eigenvalue weighted by Crippen LogP contribution is 2.26. The third-order valence-electron chi connectivity index (χ3n) is 3.60. The molecule has 0 aliphatic rings. The molecule has 6 nitrogen and oxygen atoms in total. The monoisotopic (exact) mass is 362 g/mol. The maximum atomic E-state index is 11.9. The molecule has 7 heteroatoms. The number of aromatic nitrogens is 1. The molecule has 0 bridgehead atoms. The number of nitrogens with zero attached hydrogens (tertiary/aromatic N) is 1. The molecular formula is C18H22N2O4S. The first-order valence-corrected chi connectivity index (χ1v) is 9.04. The maximum Gasteiger partial charge on any atom is 0.303 e. The average Bonchev–Trinajstić information content (AvgIpc) is 3.06. The minimum absolute atomic E-state index is 0.0688. The van der Waals surface area contributed by atoms with E-state index in [1.54, 1.807) is 7.11 Å². The predicted molar refractivity (Wildman–Crippen MR) is 96.9 cm³/mol. The third kappa shape index (κ3) is 6.54. The SMILES string of the molecule is COc1cccc(-c2nc(CC(=O)NCCCCCC(=O)O)cs2)c1. The van der Waals surface area contributed by atoms with Crippen molar-refractivity contribution in [2.75, 3.05) is 13.7 Å². The summed E-state index contributed by atoms with van der Waals surface area (Å²) in [6.07, 6.45) is 2.64. The number of carboxylic acids is 1. The molecule has 1 aromatic heterocycles. The predicted octanol–water partition coefficient (Wildman–Crippen LogP) is 3.12. The Kier molecular flexibility index (Phi) is 7.40. The van der Waals surface area contributed by atoms with Crippen molar-refractivity contribution in [1.82, 2.24) is 10.3 Å². The van der Waals surface area contributed by atoms with Crippen LogP contribution in [0.2, 0.25) is 0 Å². The van der Waals surface area contributed by atoms with Crippen molar-refractivity contribution in [1.29, 1.82) is 0 Å². The maximum absolute atomic E-state index is 11.9. The van der Waals surface area contributed by atoms with Crippen LogP contribution in [0.15, 0.2) is 29.6 Å². The molecule has 0 saturated carbocycles. The van der Waals surface area contributed by atoms with Gasteiger partial charge in [0.05, 0.1) is 19.2 Å². The van der Waals surface area contributed by atoms with Crippen LogP contribution in [0.25, 0.3) is 10.6 Å². The summed E-state index contributed by atoms with van der Waals surface area (Å²) in [7, 11) is 1.62. The number of thiazole rings is 1. The van der Waals surface area contributed by atoms with Crippen molar-refractivity contribution in [2.24, 2.45) is 0 Å². The van der Waals surface area contributed by atoms with Gasteiger partial charge in [-0.2, -0.15) is 0 Å². The Hall–Kier alpha value is -2.41. The Bertz CT molecular complexity index is 715. The number of carbonyl (C=O) groups is 2. The molecule has 2 N–H and O–H groups in total. The fourth-order valence-corrected chi connectivity index (χ4v) is 3.13. The number of aliphatic carboxylic acids is 1. The third-order valence-corrected chi connectivity index (χ3v) is 4.54. The van der Waals surface area contributed by atoms with Gasteiger partial charge in [-0.25, -0.2) is 4.98 Å². The molecule has 1 amide bonds. The van der Waals surface area contributed by atoms with Crippen molar-refractivity contribution in [3.05, 3.63) is 35.3 Å². The minimum Gasteiger partial charge on any atom is -0.497 e. The van der Waals surface area contributed by atoms with Gasteiger partial charge < -0.3 is 15.2 Å². The van der Waals surface area contributed by atoms with E-state index in [-0.39, 0.29) is 18.7 Å². The van der Waals surface area contributed by atoms with Crippen LogP contribution in [0.5, 0.6) is 5.75 Å². The van der Waals surface area contributed by atoms with Crippen LogP contribution in [0.1, 0.15) is 31.4 Å². The summed E-state index contributed by atoms with van der Waals surface area (Å²) in [6, 6.07) is 7.66. The van der Waals surface area contributed by atoms with Crippen LogP contribution in [0.3, 0.4) is 0 Å². The molecule has 0 radical (unpaired) electrons. The standard InChI is InChI=1S/C18H22N2O4S/c1-24-15-7-5-6-13(10-15)18-20-14(12-25-18)11-16(21)19-9-4-2-3-8-17(22)23/h5-7,10,12H,2-4,8-9,11H2,1H3,(H,19,21)(H,22,23). The fraction of sp³-hybridized carbons (Fsp3) is 0.389. The van der Waals surface area contributed by atoms with E-state index in [1.807, 2.05) is 29.6 Å². The first kappa shape index (κ1) is 18.9. The lowest BCUT2D eigenvalue weighted by molar-refractivity contribution is -0.137. The topological polar surface area (TPSA) is 88.5 Å². The van der Waals surface area contributed by atoms with Crippen molar-refractivity contribution < 1.29 is 19.4 Å². The lowest BCUT2D eigenvalue weighted by Gasteiger charge is -2.03. The van der Waals surface area contributed by atoms with E-state index in [0.29, 0.717) is 13.0 Å². The van der Waals surface area contributed by atoms with Crippen LogP contribution in [-0.4, -0.2) is 35.6 Å². The zero-order chi connectivity index (χ0) is 18.1. The van der Waals surface area contributed by atoms with E-state index >= 15 is 0 Å². The summed E-state index contributed by atoms with van der Waals surface area (Å²) in [5.41, 5.74) is 1.71. The van der Waals surface area contributed by atoms with Crippen LogP contribution < -0.4 is 10.1 Å². The summed E-state index contributed by atoms with van der Waals surface area (Å²) in [5.74, 6) is -0.0741. The van der Waals surface area contributed by atoms with Gasteiger partial charge in [0.2, 0.25) is 5.91 Å². The molecule has 0 atom stereocenters. The van der Waals surface area contributed by atoms with Gasteiger partial charge in [0, 0.05) is 23.9 Å². The van der Waals surface area contributed by atoms with E-state index in [9.17, 15) is 9.59 Å². The quantitative estimate of drug-likeness (QED) is 0.634. The van der Waals surface area contributed by atoms with Gasteiger partial charge in [-0.15, -0.1) is 11.3 Å². The Morgan fingerprint density at radius 3 is 2.88 bits per heavy atom. The highest BCUT2D eigenvalue weighted by molar-refractivity contribution is 7.13. The smallest absolute Gasteiger partial charge is 0.303 e. The van der Waals surface area contributed by atoms with Crippen LogP contribution >= 0.6 is 11.3 Å². The molecule has 1 aromatic carbocycles. The van der Waals surface area contributed by atoms with Crippen LogP contribution in [0, 0.1) is 0 Å². The lowest BCUT2D eigenvalue weighted by Crippen LogP contribution is -2.26. The average molecular weight is 362 g/mol. The summed E-state index contributed by atoms with van der Waals surface area (Å²) < 4.78 is 5.21. The Labute approximate surface area is 150 Å². The van der Waals surface area contributed by atoms with Gasteiger partial charge in [0.1, 0.15) is 10.8 Å². The second kappa shape index (κ2) is 9.78. The number of methoxy groups -OCH3 is 1. The van der Waals surface area contributed by atoms with Gasteiger partial charge in [-0.3, -0.25) is 9.59 Å². The zero-order valence-electron chi connectivity index (χ0n) is 14.2. The Balaban J connectivity index is 1.76. The number of hydrogen-bond donors (Lipinski definition) is 2. The number of carboxylic acid groups (broad SMARTS) is 1. The first-order valence-electron chi connectivity index (χ1n) is 8.16. The molecule has 25 heavy (non-hydrogen) atoms. The van der Waals surface area contributed by atoms with E-state index < -0.39 is 5.97 Å². The van der Waals surface area contributed by atoms with Crippen molar-refractivity contribution in [2.45, 2.75) is 32.1 Å². The Morgan fingerprint density at radius 1 is 1.28 bits per heavy atom. The molecule has 0 aliphatic heterocycles. The molecule has 0 saturated heterocycles. The number of nitrogens with one attached hydrogen (secondary N) is 1. The summed E-state index contributed by atoms with van der Waals surface area (Å²) in [6.45, 7) is 0.561. The number of hydrogen-bond acceptors (Lipinski definition) is 5. The van der Waals surface area contributed by atoms with Gasteiger partial charge in [-0.1, -0.05) is 18.6 Å². The second-order valence-electron chi connectivity index (χ2n) is 5.61. The Morgan fingerprint density at radius 2 is 2.12 bits per heavy atom. The fourth-order valence-electron chi connectivity index (χ4n) is 2.31. The largest absolute Gasteiger partial charge is 0.497 e. The number of carbonyl (C=O) groups excluding carboxylic acids is 1. The van der Waals surface area contributed by atoms with Gasteiger partial charge >= 0.3 is 5.97 Å². The molecule has 0 fully saturated rings. The van der Waals surface area contributed by atoms with E-state index in [1.165, 1.54) is 11.3 Å². The molecule has 2 rings (SSSR count). The number of benzene rings is 1. The van der Waals surface area contributed by atoms with Gasteiger partial charge in [0.25, 0.3) is 0 Å². The van der Waals surface area contributed by atoms with E-state index in [0.717, 1.165) is 34.9 Å². The molecule has 134 valence electrons. The van der Waals surface area contributed by atoms with Crippen LogP contribution in [-0.2, 0) is 16.0 Å². The second-order valence-corrected chi connectivity index (χ2v) is 6.47. The molecule has 0 aliphatic carbocycles. The minimum atomic E-state index is -0.778. The van der Waals surface area contributed by atoms with E-state index in [2.05, 4.69) is 10.3 Å². The number of ether oxygens (including phenoxy) is 1.